The van der Waals surface area contributed by atoms with Crippen LogP contribution < -0.4 is 9.64 Å². The van der Waals surface area contributed by atoms with Gasteiger partial charge in [0, 0.05) is 25.4 Å². The number of carbonyl (C=O) groups is 1. The Balaban J connectivity index is 1.72. The van der Waals surface area contributed by atoms with Crippen molar-refractivity contribution in [1.82, 2.24) is 9.55 Å². The highest BCUT2D eigenvalue weighted by Gasteiger charge is 2.35. The minimum absolute atomic E-state index is 0.0774. The smallest absolute Gasteiger partial charge is 0.227 e. The maximum Gasteiger partial charge on any atom is 0.227 e. The van der Waals surface area contributed by atoms with E-state index in [4.69, 9.17) is 9.72 Å². The van der Waals surface area contributed by atoms with E-state index in [0.29, 0.717) is 18.9 Å². The second-order valence-electron chi connectivity index (χ2n) is 7.54. The quantitative estimate of drug-likeness (QED) is 0.682. The summed E-state index contributed by atoms with van der Waals surface area (Å²) in [6.07, 6.45) is 0.472. The van der Waals surface area contributed by atoms with Crippen LogP contribution in [-0.2, 0) is 11.3 Å². The minimum atomic E-state index is 0.0774. The van der Waals surface area contributed by atoms with E-state index in [2.05, 4.69) is 24.5 Å². The summed E-state index contributed by atoms with van der Waals surface area (Å²) in [6.45, 7) is 5.94. The largest absolute Gasteiger partial charge is 0.495 e. The fourth-order valence-corrected chi connectivity index (χ4v) is 3.93. The van der Waals surface area contributed by atoms with Gasteiger partial charge in [-0.25, -0.2) is 4.98 Å². The number of anilines is 1. The van der Waals surface area contributed by atoms with Gasteiger partial charge in [-0.15, -0.1) is 0 Å². The van der Waals surface area contributed by atoms with Gasteiger partial charge in [-0.3, -0.25) is 4.79 Å². The van der Waals surface area contributed by atoms with E-state index in [1.807, 2.05) is 47.4 Å². The monoisotopic (exact) mass is 363 g/mol. The zero-order valence-electron chi connectivity index (χ0n) is 16.1. The Kier molecular flexibility index (Phi) is 4.60. The lowest BCUT2D eigenvalue weighted by Gasteiger charge is -2.20. The van der Waals surface area contributed by atoms with Crippen molar-refractivity contribution in [2.45, 2.75) is 32.7 Å². The highest BCUT2D eigenvalue weighted by Crippen LogP contribution is 2.37. The molecular weight excluding hydrogens is 338 g/mol. The van der Waals surface area contributed by atoms with Crippen LogP contribution in [0.2, 0.25) is 0 Å². The van der Waals surface area contributed by atoms with Crippen molar-refractivity contribution in [3.05, 3.63) is 54.4 Å². The number of methoxy groups -OCH3 is 1. The molecule has 3 aromatic rings. The molecular formula is C22H25N3O2. The molecule has 5 nitrogen and oxygen atoms in total. The van der Waals surface area contributed by atoms with Crippen molar-refractivity contribution in [1.29, 1.82) is 0 Å². The van der Waals surface area contributed by atoms with E-state index in [1.165, 1.54) is 0 Å². The summed E-state index contributed by atoms with van der Waals surface area (Å²) in [5.41, 5.74) is 2.97. The fraction of sp³-hybridized carbons (Fsp3) is 0.364. The molecule has 4 rings (SSSR count). The van der Waals surface area contributed by atoms with Gasteiger partial charge in [0.25, 0.3) is 0 Å². The van der Waals surface area contributed by atoms with Gasteiger partial charge in [0.1, 0.15) is 11.6 Å². The fourth-order valence-electron chi connectivity index (χ4n) is 3.93. The summed E-state index contributed by atoms with van der Waals surface area (Å²) in [5.74, 6) is 2.43. The highest BCUT2D eigenvalue weighted by molar-refractivity contribution is 5.97. The summed E-state index contributed by atoms with van der Waals surface area (Å²) in [4.78, 5) is 19.6. The van der Waals surface area contributed by atoms with Crippen LogP contribution in [0.4, 0.5) is 5.69 Å². The lowest BCUT2D eigenvalue weighted by atomic mass is 10.1. The number of hydrogen-bond donors (Lipinski definition) is 0. The Bertz CT molecular complexity index is 977. The Morgan fingerprint density at radius 2 is 1.89 bits per heavy atom. The number of amides is 1. The molecule has 27 heavy (non-hydrogen) atoms. The molecule has 1 aliphatic rings. The maximum absolute atomic E-state index is 12.8. The molecule has 140 valence electrons. The van der Waals surface area contributed by atoms with E-state index in [1.54, 1.807) is 7.11 Å². The second kappa shape index (κ2) is 7.06. The molecule has 5 heteroatoms. The molecule has 2 aromatic carbocycles. The average molecular weight is 363 g/mol. The molecule has 1 aliphatic heterocycles. The third kappa shape index (κ3) is 3.18. The number of carbonyl (C=O) groups excluding carboxylic acids is 1. The predicted octanol–water partition coefficient (Wildman–Crippen LogP) is 4.22. The number of imidazole rings is 1. The van der Waals surface area contributed by atoms with Gasteiger partial charge in [0.2, 0.25) is 5.91 Å². The van der Waals surface area contributed by atoms with Crippen LogP contribution in [0.3, 0.4) is 0 Å². The number of para-hydroxylation sites is 4. The van der Waals surface area contributed by atoms with E-state index in [-0.39, 0.29) is 11.8 Å². The van der Waals surface area contributed by atoms with Crippen LogP contribution >= 0.6 is 0 Å². The SMILES string of the molecule is COc1ccccc1N1CC(c2nc3ccccc3n2CC(C)C)CC1=O. The lowest BCUT2D eigenvalue weighted by Crippen LogP contribution is -2.25. The van der Waals surface area contributed by atoms with Gasteiger partial charge in [0.05, 0.1) is 23.8 Å². The zero-order valence-corrected chi connectivity index (χ0v) is 16.1. The summed E-state index contributed by atoms with van der Waals surface area (Å²) in [7, 11) is 1.64. The van der Waals surface area contributed by atoms with Crippen molar-refractivity contribution in [3.8, 4) is 5.75 Å². The summed E-state index contributed by atoms with van der Waals surface area (Å²) in [6, 6.07) is 15.9. The molecule has 0 bridgehead atoms. The number of aromatic nitrogens is 2. The van der Waals surface area contributed by atoms with Crippen molar-refractivity contribution < 1.29 is 9.53 Å². The molecule has 0 N–H and O–H groups in total. The molecule has 1 aromatic heterocycles. The predicted molar refractivity (Wildman–Crippen MR) is 107 cm³/mol. The molecule has 0 aliphatic carbocycles. The Morgan fingerprint density at radius 1 is 1.15 bits per heavy atom. The normalized spacial score (nSPS) is 17.3. The highest BCUT2D eigenvalue weighted by atomic mass is 16.5. The minimum Gasteiger partial charge on any atom is -0.495 e. The topological polar surface area (TPSA) is 47.4 Å². The number of nitrogens with zero attached hydrogens (tertiary/aromatic N) is 3. The number of ether oxygens (including phenoxy) is 1. The summed E-state index contributed by atoms with van der Waals surface area (Å²) < 4.78 is 7.75. The Labute approximate surface area is 159 Å². The first-order valence-electron chi connectivity index (χ1n) is 9.47. The molecule has 0 saturated carbocycles. The lowest BCUT2D eigenvalue weighted by molar-refractivity contribution is -0.117. The zero-order chi connectivity index (χ0) is 19.0. The molecule has 0 spiro atoms. The maximum atomic E-state index is 12.8. The molecule has 1 unspecified atom stereocenters. The van der Waals surface area contributed by atoms with Crippen molar-refractivity contribution in [2.24, 2.45) is 5.92 Å². The number of rotatable bonds is 5. The van der Waals surface area contributed by atoms with Gasteiger partial charge in [-0.2, -0.15) is 0 Å². The third-order valence-electron chi connectivity index (χ3n) is 5.10. The van der Waals surface area contributed by atoms with Gasteiger partial charge in [0.15, 0.2) is 0 Å². The molecule has 1 atom stereocenters. The first-order chi connectivity index (χ1) is 13.1. The van der Waals surface area contributed by atoms with Gasteiger partial charge in [-0.1, -0.05) is 38.1 Å². The third-order valence-corrected chi connectivity index (χ3v) is 5.10. The first kappa shape index (κ1) is 17.6. The van der Waals surface area contributed by atoms with Crippen LogP contribution in [-0.4, -0.2) is 29.1 Å². The number of fused-ring (bicyclic) bond motifs is 1. The van der Waals surface area contributed by atoms with Crippen LogP contribution in [0.1, 0.15) is 32.0 Å². The van der Waals surface area contributed by atoms with Crippen molar-refractivity contribution >= 4 is 22.6 Å². The Hall–Kier alpha value is -2.82. The second-order valence-corrected chi connectivity index (χ2v) is 7.54. The van der Waals surface area contributed by atoms with E-state index >= 15 is 0 Å². The average Bonchev–Trinajstić information content (AvgIpc) is 3.22. The summed E-state index contributed by atoms with van der Waals surface area (Å²) in [5, 5.41) is 0. The Morgan fingerprint density at radius 3 is 2.67 bits per heavy atom. The van der Waals surface area contributed by atoms with E-state index in [0.717, 1.165) is 34.8 Å². The van der Waals surface area contributed by atoms with Gasteiger partial charge in [-0.05, 0) is 30.2 Å². The van der Waals surface area contributed by atoms with Crippen LogP contribution in [0, 0.1) is 5.92 Å². The molecule has 1 amide bonds. The van der Waals surface area contributed by atoms with Crippen LogP contribution in [0.15, 0.2) is 48.5 Å². The molecule has 2 heterocycles. The first-order valence-corrected chi connectivity index (χ1v) is 9.47. The van der Waals surface area contributed by atoms with E-state index in [9.17, 15) is 4.79 Å². The standard InChI is InChI=1S/C22H25N3O2/c1-15(2)13-25-18-9-5-4-8-17(18)23-22(25)16-12-21(26)24(14-16)19-10-6-7-11-20(19)27-3/h4-11,15-16H,12-14H2,1-3H3. The van der Waals surface area contributed by atoms with Crippen molar-refractivity contribution in [2.75, 3.05) is 18.6 Å². The number of hydrogen-bond acceptors (Lipinski definition) is 3. The van der Waals surface area contributed by atoms with Crippen LogP contribution in [0.25, 0.3) is 11.0 Å². The molecule has 1 fully saturated rings. The van der Waals surface area contributed by atoms with Gasteiger partial charge < -0.3 is 14.2 Å². The summed E-state index contributed by atoms with van der Waals surface area (Å²) >= 11 is 0. The van der Waals surface area contributed by atoms with Crippen molar-refractivity contribution in [3.63, 3.8) is 0 Å². The number of benzene rings is 2. The van der Waals surface area contributed by atoms with Crippen LogP contribution in [0.5, 0.6) is 5.75 Å². The van der Waals surface area contributed by atoms with Gasteiger partial charge >= 0.3 is 0 Å². The molecule has 0 radical (unpaired) electrons. The van der Waals surface area contributed by atoms with E-state index < -0.39 is 0 Å². The molecule has 1 saturated heterocycles.